The van der Waals surface area contributed by atoms with Crippen LogP contribution in [0.2, 0.25) is 5.02 Å². The van der Waals surface area contributed by atoms with Gasteiger partial charge in [-0.15, -0.1) is 0 Å². The zero-order valence-corrected chi connectivity index (χ0v) is 16.1. The first-order valence-electron chi connectivity index (χ1n) is 8.48. The van der Waals surface area contributed by atoms with Gasteiger partial charge in [0.2, 0.25) is 5.75 Å². The molecule has 2 aromatic rings. The zero-order valence-electron chi connectivity index (χ0n) is 15.4. The third-order valence-corrected chi connectivity index (χ3v) is 4.33. The lowest BCUT2D eigenvalue weighted by Gasteiger charge is -2.14. The van der Waals surface area contributed by atoms with E-state index in [-0.39, 0.29) is 16.2 Å². The highest BCUT2D eigenvalue weighted by atomic mass is 35.5. The zero-order chi connectivity index (χ0) is 22.0. The minimum Gasteiger partial charge on any atom is -0.479 e. The summed E-state index contributed by atoms with van der Waals surface area (Å²) in [5.41, 5.74) is 1.78. The van der Waals surface area contributed by atoms with Gasteiger partial charge in [0, 0.05) is 16.7 Å². The van der Waals surface area contributed by atoms with Gasteiger partial charge in [0.1, 0.15) is 5.57 Å². The molecule has 1 heterocycles. The van der Waals surface area contributed by atoms with Gasteiger partial charge in [-0.3, -0.25) is 25.1 Å². The number of carboxylic acid groups (broad SMARTS) is 1. The van der Waals surface area contributed by atoms with Crippen LogP contribution < -0.4 is 15.2 Å². The molecule has 0 saturated carbocycles. The molecule has 1 aliphatic rings. The quantitative estimate of drug-likeness (QED) is 0.310. The molecule has 2 amide bonds. The molecular formula is C19H14ClN3O7. The minimum atomic E-state index is -1.43. The maximum atomic E-state index is 12.7. The average molecular weight is 432 g/mol. The number of hydrogen-bond donors (Lipinski definition) is 2. The number of nitro benzene ring substituents is 1. The fourth-order valence-electron chi connectivity index (χ4n) is 2.67. The Morgan fingerprint density at radius 2 is 1.97 bits per heavy atom. The third kappa shape index (κ3) is 4.08. The second-order valence-electron chi connectivity index (χ2n) is 6.17. The number of hydrazine groups is 1. The Hall–Kier alpha value is -3.92. The number of hydrogen-bond acceptors (Lipinski definition) is 6. The van der Waals surface area contributed by atoms with Crippen LogP contribution in [0.15, 0.2) is 48.0 Å². The van der Waals surface area contributed by atoms with Crippen molar-refractivity contribution in [1.82, 2.24) is 5.43 Å². The highest BCUT2D eigenvalue weighted by Gasteiger charge is 2.35. The van der Waals surface area contributed by atoms with Crippen LogP contribution in [-0.4, -0.2) is 33.9 Å². The Bertz CT molecular complexity index is 1090. The van der Waals surface area contributed by atoms with Crippen LogP contribution in [0.1, 0.15) is 12.5 Å². The summed E-state index contributed by atoms with van der Waals surface area (Å²) >= 11 is 5.95. The average Bonchev–Trinajstić information content (AvgIpc) is 2.98. The number of amides is 2. The molecule has 0 bridgehead atoms. The van der Waals surface area contributed by atoms with E-state index in [4.69, 9.17) is 21.4 Å². The standard InChI is InChI=1S/C19H14ClN3O7/c1-10(19(26)27)30-16-11(7-12(20)9-15(16)23(28)29)8-14-17(24)21-22(18(14)25)13-5-3-2-4-6-13/h2-10H,1H3,(H,21,24)(H,26,27)/b14-8-/t10-/m0/s1. The second kappa shape index (κ2) is 8.21. The summed E-state index contributed by atoms with van der Waals surface area (Å²) in [6.45, 7) is 1.18. The highest BCUT2D eigenvalue weighted by molar-refractivity contribution is 6.32. The lowest BCUT2D eigenvalue weighted by atomic mass is 10.1. The number of carbonyl (C=O) groups is 3. The number of nitrogens with one attached hydrogen (secondary N) is 1. The van der Waals surface area contributed by atoms with Crippen LogP contribution in [0, 0.1) is 10.1 Å². The van der Waals surface area contributed by atoms with Gasteiger partial charge in [0.15, 0.2) is 6.10 Å². The molecule has 11 heteroatoms. The largest absolute Gasteiger partial charge is 0.479 e. The monoisotopic (exact) mass is 431 g/mol. The second-order valence-corrected chi connectivity index (χ2v) is 6.61. The maximum absolute atomic E-state index is 12.7. The summed E-state index contributed by atoms with van der Waals surface area (Å²) in [7, 11) is 0. The van der Waals surface area contributed by atoms with Crippen molar-refractivity contribution in [3.63, 3.8) is 0 Å². The number of para-hydroxylation sites is 1. The summed E-state index contributed by atoms with van der Waals surface area (Å²) in [5.74, 6) is -3.23. The third-order valence-electron chi connectivity index (χ3n) is 4.11. The van der Waals surface area contributed by atoms with Crippen LogP contribution in [0.25, 0.3) is 6.08 Å². The Balaban J connectivity index is 2.09. The predicted molar refractivity (Wildman–Crippen MR) is 106 cm³/mol. The van der Waals surface area contributed by atoms with Crippen molar-refractivity contribution >= 4 is 46.8 Å². The Labute approximate surface area is 174 Å². The fraction of sp³-hybridized carbons (Fsp3) is 0.105. The number of aliphatic carboxylic acids is 1. The van der Waals surface area contributed by atoms with E-state index in [0.29, 0.717) is 5.69 Å². The van der Waals surface area contributed by atoms with Gasteiger partial charge in [-0.25, -0.2) is 9.80 Å². The minimum absolute atomic E-state index is 0.0605. The van der Waals surface area contributed by atoms with Gasteiger partial charge in [0.05, 0.1) is 10.6 Å². The highest BCUT2D eigenvalue weighted by Crippen LogP contribution is 2.37. The van der Waals surface area contributed by atoms with Crippen molar-refractivity contribution in [2.75, 3.05) is 5.01 Å². The number of rotatable bonds is 6. The van der Waals surface area contributed by atoms with E-state index >= 15 is 0 Å². The van der Waals surface area contributed by atoms with Gasteiger partial charge in [-0.05, 0) is 31.2 Å². The Morgan fingerprint density at radius 3 is 2.57 bits per heavy atom. The smallest absolute Gasteiger partial charge is 0.344 e. The van der Waals surface area contributed by atoms with E-state index in [1.165, 1.54) is 13.0 Å². The van der Waals surface area contributed by atoms with E-state index in [2.05, 4.69) is 5.43 Å². The fourth-order valence-corrected chi connectivity index (χ4v) is 2.89. The van der Waals surface area contributed by atoms with Crippen molar-refractivity contribution < 1.29 is 29.2 Å². The molecule has 0 unspecified atom stereocenters. The first kappa shape index (κ1) is 20.8. The number of nitrogens with zero attached hydrogens (tertiary/aromatic N) is 2. The Morgan fingerprint density at radius 1 is 1.30 bits per heavy atom. The van der Waals surface area contributed by atoms with E-state index in [9.17, 15) is 24.5 Å². The van der Waals surface area contributed by atoms with Gasteiger partial charge >= 0.3 is 11.7 Å². The van der Waals surface area contributed by atoms with Crippen LogP contribution in [0.4, 0.5) is 11.4 Å². The maximum Gasteiger partial charge on any atom is 0.344 e. The molecule has 1 saturated heterocycles. The lowest BCUT2D eigenvalue weighted by molar-refractivity contribution is -0.386. The lowest BCUT2D eigenvalue weighted by Crippen LogP contribution is -2.35. The van der Waals surface area contributed by atoms with E-state index in [1.807, 2.05) is 0 Å². The van der Waals surface area contributed by atoms with Crippen LogP contribution in [0.5, 0.6) is 5.75 Å². The molecule has 0 aromatic heterocycles. The summed E-state index contributed by atoms with van der Waals surface area (Å²) in [6.07, 6.45) is -0.361. The van der Waals surface area contributed by atoms with Crippen molar-refractivity contribution in [3.8, 4) is 5.75 Å². The summed E-state index contributed by atoms with van der Waals surface area (Å²) < 4.78 is 5.25. The molecule has 0 spiro atoms. The SMILES string of the molecule is C[C@H](Oc1c(/C=C2/C(=O)NN(c3ccccc3)C2=O)cc(Cl)cc1[N+](=O)[O-])C(=O)O. The molecule has 0 radical (unpaired) electrons. The van der Waals surface area contributed by atoms with Crippen molar-refractivity contribution in [2.24, 2.45) is 0 Å². The van der Waals surface area contributed by atoms with Gasteiger partial charge < -0.3 is 9.84 Å². The van der Waals surface area contributed by atoms with E-state index in [1.54, 1.807) is 30.3 Å². The molecule has 3 rings (SSSR count). The first-order valence-corrected chi connectivity index (χ1v) is 8.86. The van der Waals surface area contributed by atoms with Crippen molar-refractivity contribution in [1.29, 1.82) is 0 Å². The van der Waals surface area contributed by atoms with Gasteiger partial charge in [-0.2, -0.15) is 0 Å². The number of halogens is 1. The van der Waals surface area contributed by atoms with Crippen molar-refractivity contribution in [3.05, 3.63) is 68.7 Å². The Kier molecular flexibility index (Phi) is 5.70. The normalized spacial score (nSPS) is 15.8. The number of carboxylic acids is 1. The number of carbonyl (C=O) groups excluding carboxylic acids is 2. The molecule has 0 aliphatic carbocycles. The number of benzene rings is 2. The van der Waals surface area contributed by atoms with Crippen LogP contribution >= 0.6 is 11.6 Å². The molecule has 30 heavy (non-hydrogen) atoms. The first-order chi connectivity index (χ1) is 14.2. The summed E-state index contributed by atoms with van der Waals surface area (Å²) in [6, 6.07) is 10.5. The van der Waals surface area contributed by atoms with E-state index < -0.39 is 40.2 Å². The molecular weight excluding hydrogens is 418 g/mol. The van der Waals surface area contributed by atoms with E-state index in [0.717, 1.165) is 17.2 Å². The van der Waals surface area contributed by atoms with Crippen LogP contribution in [0.3, 0.4) is 0 Å². The molecule has 2 aromatic carbocycles. The van der Waals surface area contributed by atoms with Gasteiger partial charge in [0.25, 0.3) is 11.8 Å². The molecule has 1 aliphatic heterocycles. The molecule has 1 atom stereocenters. The molecule has 10 nitrogen and oxygen atoms in total. The summed E-state index contributed by atoms with van der Waals surface area (Å²) in [5, 5.41) is 21.5. The number of ether oxygens (including phenoxy) is 1. The number of anilines is 1. The molecule has 2 N–H and O–H groups in total. The number of nitro groups is 1. The predicted octanol–water partition coefficient (Wildman–Crippen LogP) is 2.56. The van der Waals surface area contributed by atoms with Gasteiger partial charge in [-0.1, -0.05) is 29.8 Å². The van der Waals surface area contributed by atoms with Crippen molar-refractivity contribution in [2.45, 2.75) is 13.0 Å². The summed E-state index contributed by atoms with van der Waals surface area (Å²) in [4.78, 5) is 46.9. The van der Waals surface area contributed by atoms with Crippen LogP contribution in [-0.2, 0) is 14.4 Å². The topological polar surface area (TPSA) is 139 Å². The molecule has 154 valence electrons. The molecule has 1 fully saturated rings.